The first-order chi connectivity index (χ1) is 36.4. The van der Waals surface area contributed by atoms with E-state index in [1.807, 2.05) is 28.1 Å². The lowest BCUT2D eigenvalue weighted by molar-refractivity contribution is -0.870. The molecule has 0 aliphatic heterocycles. The van der Waals surface area contributed by atoms with E-state index in [-0.39, 0.29) is 18.9 Å². The van der Waals surface area contributed by atoms with Crippen molar-refractivity contribution in [3.05, 3.63) is 60.8 Å². The van der Waals surface area contributed by atoms with Crippen molar-refractivity contribution in [3.63, 3.8) is 0 Å². The van der Waals surface area contributed by atoms with Gasteiger partial charge in [-0.15, -0.1) is 0 Å². The topological polar surface area (TPSA) is 125 Å². The highest BCUT2D eigenvalue weighted by Crippen LogP contribution is 2.43. The average Bonchev–Trinajstić information content (AvgIpc) is 3.37. The second-order valence-electron chi connectivity index (χ2n) is 22.9. The van der Waals surface area contributed by atoms with E-state index in [4.69, 9.17) is 9.05 Å². The monoisotopic (exact) mass is 1080 g/mol. The van der Waals surface area contributed by atoms with Gasteiger partial charge in [0, 0.05) is 6.42 Å². The molecule has 0 aromatic carbocycles. The Bertz CT molecular complexity index is 1420. The maximum atomic E-state index is 13.0. The largest absolute Gasteiger partial charge is 0.472 e. The van der Waals surface area contributed by atoms with E-state index in [2.05, 4.69) is 73.0 Å². The van der Waals surface area contributed by atoms with Gasteiger partial charge < -0.3 is 24.9 Å². The molecule has 4 unspecified atom stereocenters. The Kier molecular flexibility index (Phi) is 54.1. The molecule has 10 heteroatoms. The summed E-state index contributed by atoms with van der Waals surface area (Å²) in [6.07, 6.45) is 72.3. The number of carbonyl (C=O) groups is 1. The van der Waals surface area contributed by atoms with Crippen molar-refractivity contribution < 1.29 is 38.0 Å². The van der Waals surface area contributed by atoms with Gasteiger partial charge >= 0.3 is 7.82 Å². The highest BCUT2D eigenvalue weighted by molar-refractivity contribution is 7.47. The summed E-state index contributed by atoms with van der Waals surface area (Å²) in [6, 6.07) is -1.06. The third kappa shape index (κ3) is 56.7. The Morgan fingerprint density at radius 3 is 1.27 bits per heavy atom. The van der Waals surface area contributed by atoms with Crippen molar-refractivity contribution in [2.75, 3.05) is 40.9 Å². The fraction of sp³-hybridized carbons (Fsp3) is 0.831. The number of hydrogen-bond acceptors (Lipinski definition) is 6. The van der Waals surface area contributed by atoms with Crippen LogP contribution in [0, 0.1) is 0 Å². The quantitative estimate of drug-likeness (QED) is 0.0207. The van der Waals surface area contributed by atoms with Gasteiger partial charge in [0.25, 0.3) is 0 Å². The van der Waals surface area contributed by atoms with Crippen LogP contribution in [0.1, 0.15) is 290 Å². The highest BCUT2D eigenvalue weighted by atomic mass is 31.2. The van der Waals surface area contributed by atoms with Crippen molar-refractivity contribution in [3.8, 4) is 0 Å². The minimum absolute atomic E-state index is 0.0123. The van der Waals surface area contributed by atoms with Crippen LogP contribution in [-0.4, -0.2) is 84.6 Å². The summed E-state index contributed by atoms with van der Waals surface area (Å²) in [5.41, 5.74) is 0. The standard InChI is InChI=1S/C65H123N2O7P/c1-6-8-10-12-14-16-18-20-21-22-23-24-25-26-27-28-29-30-31-32-33-34-35-36-37-38-39-40-41-42-43-44-45-46-48-50-52-54-56-58-64(69)66-62(61-74-75(71,72)73-60-59-67(3,4)5)65(70)63(68)57-55-53-51-49-47-19-17-15-13-11-9-7-2/h7,9,15,17-18,20,22-23,49,51,62-63,65,68,70H,6,8,10-14,16,19,21,24-48,50,52-61H2,1-5H3,(H-,66,69,71,72)/p+1/b9-7+,17-15+,20-18-,23-22-,51-49+. The van der Waals surface area contributed by atoms with Crippen molar-refractivity contribution in [1.82, 2.24) is 5.32 Å². The number of phosphoric ester groups is 1. The zero-order chi connectivity index (χ0) is 55.0. The van der Waals surface area contributed by atoms with Crippen molar-refractivity contribution in [2.45, 2.75) is 308 Å². The van der Waals surface area contributed by atoms with Gasteiger partial charge in [0.15, 0.2) is 0 Å². The van der Waals surface area contributed by atoms with Gasteiger partial charge in [-0.05, 0) is 90.4 Å². The van der Waals surface area contributed by atoms with Crippen molar-refractivity contribution in [2.24, 2.45) is 0 Å². The number of aliphatic hydroxyl groups is 2. The second kappa shape index (κ2) is 55.5. The van der Waals surface area contributed by atoms with Crippen molar-refractivity contribution >= 4 is 13.7 Å². The number of rotatable bonds is 58. The molecule has 0 spiro atoms. The molecule has 75 heavy (non-hydrogen) atoms. The Balaban J connectivity index is 3.93. The summed E-state index contributed by atoms with van der Waals surface area (Å²) in [6.45, 7) is 4.37. The Hall–Kier alpha value is -1.84. The summed E-state index contributed by atoms with van der Waals surface area (Å²) in [5.74, 6) is -0.271. The van der Waals surface area contributed by atoms with Gasteiger partial charge in [-0.3, -0.25) is 13.8 Å². The smallest absolute Gasteiger partial charge is 0.390 e. The first-order valence-electron chi connectivity index (χ1n) is 31.7. The predicted molar refractivity (Wildman–Crippen MR) is 324 cm³/mol. The molecular formula is C65H124N2O7P+. The normalized spacial score (nSPS) is 14.6. The lowest BCUT2D eigenvalue weighted by Gasteiger charge is -2.28. The number of phosphoric acid groups is 1. The lowest BCUT2D eigenvalue weighted by atomic mass is 10.0. The summed E-state index contributed by atoms with van der Waals surface area (Å²) in [5, 5.41) is 24.8. The maximum Gasteiger partial charge on any atom is 0.472 e. The minimum Gasteiger partial charge on any atom is -0.390 e. The molecular weight excluding hydrogens is 952 g/mol. The van der Waals surface area contributed by atoms with Crippen LogP contribution in [0.25, 0.3) is 0 Å². The number of aliphatic hydroxyl groups excluding tert-OH is 2. The Morgan fingerprint density at radius 1 is 0.493 bits per heavy atom. The number of nitrogens with one attached hydrogen (secondary N) is 1. The van der Waals surface area contributed by atoms with E-state index in [9.17, 15) is 24.5 Å². The molecule has 0 bridgehead atoms. The van der Waals surface area contributed by atoms with E-state index in [1.165, 1.54) is 199 Å². The van der Waals surface area contributed by atoms with E-state index < -0.39 is 32.7 Å². The van der Waals surface area contributed by atoms with Crippen LogP contribution in [-0.2, 0) is 18.4 Å². The molecule has 440 valence electrons. The van der Waals surface area contributed by atoms with Crippen LogP contribution in [0.2, 0.25) is 0 Å². The fourth-order valence-corrected chi connectivity index (χ4v) is 10.1. The number of nitrogens with zero attached hydrogens (tertiary/aromatic N) is 1. The minimum atomic E-state index is -4.44. The molecule has 0 saturated carbocycles. The number of allylic oxidation sites excluding steroid dienone is 10. The van der Waals surface area contributed by atoms with Crippen molar-refractivity contribution in [1.29, 1.82) is 0 Å². The lowest BCUT2D eigenvalue weighted by Crippen LogP contribution is -2.51. The van der Waals surface area contributed by atoms with Crippen LogP contribution in [0.15, 0.2) is 60.8 Å². The SMILES string of the molecule is C/C=C/CC/C=C/CC/C=C/CCCC(O)C(O)C(COP(=O)(O)OCC[N+](C)(C)C)NC(=O)CCCCCCCCCCCCCCCCCCCCCCCCCCCCC/C=C\C/C=C\CCCCCCC. The van der Waals surface area contributed by atoms with Crippen LogP contribution in [0.4, 0.5) is 0 Å². The number of carbonyl (C=O) groups excluding carboxylic acids is 1. The number of unbranched alkanes of at least 4 members (excludes halogenated alkanes) is 35. The molecule has 1 amide bonds. The van der Waals surface area contributed by atoms with Crippen LogP contribution in [0.5, 0.6) is 0 Å². The highest BCUT2D eigenvalue weighted by Gasteiger charge is 2.32. The van der Waals surface area contributed by atoms with Gasteiger partial charge in [-0.1, -0.05) is 254 Å². The number of quaternary nitrogens is 1. The molecule has 0 saturated heterocycles. The summed E-state index contributed by atoms with van der Waals surface area (Å²) in [7, 11) is 1.41. The molecule has 0 aromatic rings. The Labute approximate surface area is 464 Å². The molecule has 0 rings (SSSR count). The van der Waals surface area contributed by atoms with Crippen LogP contribution < -0.4 is 5.32 Å². The molecule has 0 aliphatic carbocycles. The Morgan fingerprint density at radius 2 is 0.853 bits per heavy atom. The number of hydrogen-bond donors (Lipinski definition) is 4. The zero-order valence-corrected chi connectivity index (χ0v) is 50.8. The van der Waals surface area contributed by atoms with E-state index in [0.717, 1.165) is 57.8 Å². The van der Waals surface area contributed by atoms with Gasteiger partial charge in [0.2, 0.25) is 5.91 Å². The summed E-state index contributed by atoms with van der Waals surface area (Å²) < 4.78 is 23.6. The van der Waals surface area contributed by atoms with Gasteiger partial charge in [-0.2, -0.15) is 0 Å². The third-order valence-electron chi connectivity index (χ3n) is 14.4. The number of amides is 1. The van der Waals surface area contributed by atoms with E-state index >= 15 is 0 Å². The molecule has 0 aliphatic rings. The van der Waals surface area contributed by atoms with Crippen LogP contribution >= 0.6 is 7.82 Å². The molecule has 0 aromatic heterocycles. The molecule has 4 atom stereocenters. The summed E-state index contributed by atoms with van der Waals surface area (Å²) in [4.78, 5) is 23.3. The summed E-state index contributed by atoms with van der Waals surface area (Å²) >= 11 is 0. The fourth-order valence-electron chi connectivity index (χ4n) is 9.39. The predicted octanol–water partition coefficient (Wildman–Crippen LogP) is 18.6. The average molecular weight is 1080 g/mol. The first kappa shape index (κ1) is 73.2. The van der Waals surface area contributed by atoms with Gasteiger partial charge in [0.05, 0.1) is 39.9 Å². The van der Waals surface area contributed by atoms with E-state index in [0.29, 0.717) is 23.9 Å². The van der Waals surface area contributed by atoms with E-state index in [1.54, 1.807) is 0 Å². The second-order valence-corrected chi connectivity index (χ2v) is 24.4. The van der Waals surface area contributed by atoms with Gasteiger partial charge in [0.1, 0.15) is 19.3 Å². The first-order valence-corrected chi connectivity index (χ1v) is 33.2. The molecule has 0 fully saturated rings. The molecule has 4 N–H and O–H groups in total. The third-order valence-corrected chi connectivity index (χ3v) is 15.4. The zero-order valence-electron chi connectivity index (χ0n) is 49.9. The number of likely N-dealkylation sites (N-methyl/N-ethyl adjacent to an activating group) is 1. The molecule has 9 nitrogen and oxygen atoms in total. The van der Waals surface area contributed by atoms with Gasteiger partial charge in [-0.25, -0.2) is 4.57 Å². The molecule has 0 heterocycles. The van der Waals surface area contributed by atoms with Crippen LogP contribution in [0.3, 0.4) is 0 Å². The maximum absolute atomic E-state index is 13.0. The molecule has 0 radical (unpaired) electrons.